The van der Waals surface area contributed by atoms with Crippen molar-refractivity contribution >= 4 is 5.97 Å². The zero-order chi connectivity index (χ0) is 10.8. The molecule has 1 aliphatic rings. The van der Waals surface area contributed by atoms with E-state index < -0.39 is 5.97 Å². The number of nitrogens with one attached hydrogen (secondary N) is 1. The van der Waals surface area contributed by atoms with Crippen molar-refractivity contribution < 1.29 is 9.90 Å². The molecule has 1 saturated carbocycles. The summed E-state index contributed by atoms with van der Waals surface area (Å²) < 4.78 is 0. The maximum Gasteiger partial charge on any atom is 0.356 e. The van der Waals surface area contributed by atoms with Gasteiger partial charge in [-0.1, -0.05) is 19.8 Å². The molecule has 0 aromatic carbocycles. The number of aromatic carboxylic acids is 1. The van der Waals surface area contributed by atoms with Crippen molar-refractivity contribution in [2.24, 2.45) is 0 Å². The lowest BCUT2D eigenvalue weighted by Crippen LogP contribution is -2.01. The Morgan fingerprint density at radius 3 is 2.67 bits per heavy atom. The summed E-state index contributed by atoms with van der Waals surface area (Å²) in [6.45, 7) is 1.94. The quantitative estimate of drug-likeness (QED) is 0.801. The van der Waals surface area contributed by atoms with Crippen LogP contribution in [0.5, 0.6) is 0 Å². The van der Waals surface area contributed by atoms with Crippen molar-refractivity contribution in [1.82, 2.24) is 9.97 Å². The third-order valence-electron chi connectivity index (χ3n) is 3.10. The van der Waals surface area contributed by atoms with Gasteiger partial charge in [-0.05, 0) is 19.3 Å². The van der Waals surface area contributed by atoms with Crippen molar-refractivity contribution in [2.45, 2.75) is 44.9 Å². The topological polar surface area (TPSA) is 66.0 Å². The van der Waals surface area contributed by atoms with Gasteiger partial charge in [0.15, 0.2) is 5.69 Å². The second kappa shape index (κ2) is 4.04. The van der Waals surface area contributed by atoms with Crippen molar-refractivity contribution in [3.8, 4) is 0 Å². The van der Waals surface area contributed by atoms with Crippen molar-refractivity contribution in [2.75, 3.05) is 0 Å². The Balaban J connectivity index is 2.29. The maximum atomic E-state index is 10.9. The lowest BCUT2D eigenvalue weighted by atomic mass is 10.1. The summed E-state index contributed by atoms with van der Waals surface area (Å²) in [6.07, 6.45) is 5.43. The van der Waals surface area contributed by atoms with Gasteiger partial charge in [0.1, 0.15) is 5.82 Å². The highest BCUT2D eigenvalue weighted by Crippen LogP contribution is 2.32. The largest absolute Gasteiger partial charge is 0.476 e. The Morgan fingerprint density at radius 2 is 2.20 bits per heavy atom. The number of aromatic nitrogens is 2. The Hall–Kier alpha value is -1.32. The number of carboxylic acids is 1. The first kappa shape index (κ1) is 10.2. The molecular formula is C11H16N2O2. The SMILES string of the molecule is CCc1[nH]c(C2CCCC2)nc1C(=O)O. The highest BCUT2D eigenvalue weighted by Gasteiger charge is 2.23. The molecule has 0 saturated heterocycles. The predicted molar refractivity (Wildman–Crippen MR) is 56.1 cm³/mol. The molecule has 4 heteroatoms. The van der Waals surface area contributed by atoms with Crippen LogP contribution in [-0.2, 0) is 6.42 Å². The molecule has 15 heavy (non-hydrogen) atoms. The summed E-state index contributed by atoms with van der Waals surface area (Å²) in [5.74, 6) is 0.400. The van der Waals surface area contributed by atoms with Gasteiger partial charge < -0.3 is 10.1 Å². The van der Waals surface area contributed by atoms with Gasteiger partial charge in [0.05, 0.1) is 0 Å². The normalized spacial score (nSPS) is 17.1. The smallest absolute Gasteiger partial charge is 0.356 e. The molecule has 0 bridgehead atoms. The summed E-state index contributed by atoms with van der Waals surface area (Å²) in [5, 5.41) is 8.97. The molecule has 2 rings (SSSR count). The van der Waals surface area contributed by atoms with E-state index >= 15 is 0 Å². The summed E-state index contributed by atoms with van der Waals surface area (Å²) >= 11 is 0. The standard InChI is InChI=1S/C11H16N2O2/c1-2-8-9(11(14)15)13-10(12-8)7-5-3-4-6-7/h7H,2-6H2,1H3,(H,12,13)(H,14,15). The van der Waals surface area contributed by atoms with Crippen molar-refractivity contribution in [3.05, 3.63) is 17.2 Å². The van der Waals surface area contributed by atoms with Crippen molar-refractivity contribution in [1.29, 1.82) is 0 Å². The average Bonchev–Trinajstić information content (AvgIpc) is 2.86. The van der Waals surface area contributed by atoms with Crippen LogP contribution >= 0.6 is 0 Å². The van der Waals surface area contributed by atoms with Gasteiger partial charge in [-0.15, -0.1) is 0 Å². The zero-order valence-electron chi connectivity index (χ0n) is 8.92. The van der Waals surface area contributed by atoms with E-state index in [0.717, 1.165) is 24.4 Å². The number of aryl methyl sites for hydroxylation is 1. The molecule has 0 radical (unpaired) electrons. The summed E-state index contributed by atoms with van der Waals surface area (Å²) in [7, 11) is 0. The highest BCUT2D eigenvalue weighted by atomic mass is 16.4. The molecule has 2 N–H and O–H groups in total. The summed E-state index contributed by atoms with van der Waals surface area (Å²) in [4.78, 5) is 18.3. The predicted octanol–water partition coefficient (Wildman–Crippen LogP) is 2.33. The number of hydrogen-bond acceptors (Lipinski definition) is 2. The van der Waals surface area contributed by atoms with Gasteiger partial charge in [-0.2, -0.15) is 0 Å². The van der Waals surface area contributed by atoms with E-state index in [9.17, 15) is 4.79 Å². The summed E-state index contributed by atoms with van der Waals surface area (Å²) in [5.41, 5.74) is 0.962. The first-order chi connectivity index (χ1) is 7.22. The van der Waals surface area contributed by atoms with E-state index in [1.807, 2.05) is 6.92 Å². The third kappa shape index (κ3) is 1.89. The second-order valence-corrected chi connectivity index (χ2v) is 4.09. The number of carboxylic acid groups (broad SMARTS) is 1. The van der Waals surface area contributed by atoms with Crippen molar-refractivity contribution in [3.63, 3.8) is 0 Å². The molecule has 1 heterocycles. The van der Waals surface area contributed by atoms with E-state index in [-0.39, 0.29) is 5.69 Å². The molecular weight excluding hydrogens is 192 g/mol. The number of hydrogen-bond donors (Lipinski definition) is 2. The monoisotopic (exact) mass is 208 g/mol. The van der Waals surface area contributed by atoms with Gasteiger partial charge in [-0.25, -0.2) is 9.78 Å². The van der Waals surface area contributed by atoms with Crippen LogP contribution in [0.4, 0.5) is 0 Å². The molecule has 0 unspecified atom stereocenters. The van der Waals surface area contributed by atoms with Crippen LogP contribution in [0.1, 0.15) is 60.5 Å². The van der Waals surface area contributed by atoms with Crippen LogP contribution < -0.4 is 0 Å². The highest BCUT2D eigenvalue weighted by molar-refractivity contribution is 5.86. The molecule has 0 amide bonds. The summed E-state index contributed by atoms with van der Waals surface area (Å²) in [6, 6.07) is 0. The fraction of sp³-hybridized carbons (Fsp3) is 0.636. The number of imidazole rings is 1. The van der Waals surface area contributed by atoms with Crippen LogP contribution in [0.15, 0.2) is 0 Å². The van der Waals surface area contributed by atoms with E-state index in [2.05, 4.69) is 9.97 Å². The minimum atomic E-state index is -0.924. The first-order valence-electron chi connectivity index (χ1n) is 5.54. The molecule has 4 nitrogen and oxygen atoms in total. The fourth-order valence-electron chi connectivity index (χ4n) is 2.26. The lowest BCUT2D eigenvalue weighted by molar-refractivity contribution is 0.0689. The molecule has 0 spiro atoms. The van der Waals surface area contributed by atoms with Crippen LogP contribution in [0.2, 0.25) is 0 Å². The number of nitrogens with zero attached hydrogens (tertiary/aromatic N) is 1. The van der Waals surface area contributed by atoms with Crippen LogP contribution in [-0.4, -0.2) is 21.0 Å². The molecule has 1 aromatic rings. The maximum absolute atomic E-state index is 10.9. The van der Waals surface area contributed by atoms with Crippen LogP contribution in [0, 0.1) is 0 Å². The van der Waals surface area contributed by atoms with Gasteiger partial charge in [0, 0.05) is 11.6 Å². The Bertz CT molecular complexity index is 365. The van der Waals surface area contributed by atoms with Crippen LogP contribution in [0.3, 0.4) is 0 Å². The Labute approximate surface area is 88.7 Å². The zero-order valence-corrected chi connectivity index (χ0v) is 8.92. The van der Waals surface area contributed by atoms with Gasteiger partial charge in [-0.3, -0.25) is 0 Å². The van der Waals surface area contributed by atoms with E-state index in [0.29, 0.717) is 12.3 Å². The Morgan fingerprint density at radius 1 is 1.53 bits per heavy atom. The Kier molecular flexibility index (Phi) is 2.75. The average molecular weight is 208 g/mol. The van der Waals surface area contributed by atoms with Gasteiger partial charge in [0.25, 0.3) is 0 Å². The minimum Gasteiger partial charge on any atom is -0.476 e. The lowest BCUT2D eigenvalue weighted by Gasteiger charge is -2.02. The van der Waals surface area contributed by atoms with E-state index in [1.54, 1.807) is 0 Å². The van der Waals surface area contributed by atoms with Crippen LogP contribution in [0.25, 0.3) is 0 Å². The number of rotatable bonds is 3. The first-order valence-corrected chi connectivity index (χ1v) is 5.54. The number of H-pyrrole nitrogens is 1. The molecule has 1 fully saturated rings. The van der Waals surface area contributed by atoms with Gasteiger partial charge in [0.2, 0.25) is 0 Å². The van der Waals surface area contributed by atoms with E-state index in [1.165, 1.54) is 12.8 Å². The molecule has 0 atom stereocenters. The minimum absolute atomic E-state index is 0.208. The number of carbonyl (C=O) groups is 1. The molecule has 82 valence electrons. The molecule has 1 aromatic heterocycles. The van der Waals surface area contributed by atoms with Gasteiger partial charge >= 0.3 is 5.97 Å². The second-order valence-electron chi connectivity index (χ2n) is 4.09. The molecule has 0 aliphatic heterocycles. The third-order valence-corrected chi connectivity index (χ3v) is 3.10. The number of aromatic amines is 1. The fourth-order valence-corrected chi connectivity index (χ4v) is 2.26. The van der Waals surface area contributed by atoms with E-state index in [4.69, 9.17) is 5.11 Å². The molecule has 1 aliphatic carbocycles.